The summed E-state index contributed by atoms with van der Waals surface area (Å²) >= 11 is 2.96. The molecule has 0 aliphatic carbocycles. The Bertz CT molecular complexity index is 968. The van der Waals surface area contributed by atoms with Gasteiger partial charge in [0.05, 0.1) is 28.8 Å². The number of carbonyl (C=O) groups is 2. The molecule has 0 bridgehead atoms. The molecule has 3 rings (SSSR count). The fourth-order valence-electron chi connectivity index (χ4n) is 2.51. The first-order valence-electron chi connectivity index (χ1n) is 8.02. The van der Waals surface area contributed by atoms with Gasteiger partial charge >= 0.3 is 5.97 Å². The Kier molecular flexibility index (Phi) is 5.45. The number of fused-ring (bicyclic) bond motifs is 1. The molecule has 3 aromatic rings. The van der Waals surface area contributed by atoms with Gasteiger partial charge in [-0.05, 0) is 43.5 Å². The lowest BCUT2D eigenvalue weighted by Crippen LogP contribution is -2.16. The van der Waals surface area contributed by atoms with Crippen molar-refractivity contribution in [2.45, 2.75) is 26.8 Å². The molecule has 1 amide bonds. The minimum atomic E-state index is -0.340. The number of carbonyl (C=O) groups excluding carboxylic acids is 2. The Morgan fingerprint density at radius 1 is 1.24 bits per heavy atom. The first-order valence-corrected chi connectivity index (χ1v) is 9.72. The van der Waals surface area contributed by atoms with Gasteiger partial charge in [-0.2, -0.15) is 4.99 Å². The van der Waals surface area contributed by atoms with Crippen LogP contribution in [0.25, 0.3) is 10.2 Å². The SMILES string of the molecule is CCOC(=O)c1ccc2c(c1)sc(=NC(=O)Cc1cccs1)n2CC. The van der Waals surface area contributed by atoms with Gasteiger partial charge in [0.1, 0.15) is 0 Å². The second kappa shape index (κ2) is 7.76. The lowest BCUT2D eigenvalue weighted by atomic mass is 10.2. The number of rotatable bonds is 5. The lowest BCUT2D eigenvalue weighted by molar-refractivity contribution is -0.117. The smallest absolute Gasteiger partial charge is 0.338 e. The van der Waals surface area contributed by atoms with Crippen molar-refractivity contribution in [2.24, 2.45) is 4.99 Å². The van der Waals surface area contributed by atoms with Crippen molar-refractivity contribution < 1.29 is 14.3 Å². The molecule has 0 fully saturated rings. The number of hydrogen-bond donors (Lipinski definition) is 0. The van der Waals surface area contributed by atoms with E-state index in [4.69, 9.17) is 4.74 Å². The third kappa shape index (κ3) is 3.88. The molecule has 0 saturated heterocycles. The molecule has 2 aromatic heterocycles. The largest absolute Gasteiger partial charge is 0.462 e. The summed E-state index contributed by atoms with van der Waals surface area (Å²) in [5.74, 6) is -0.505. The Morgan fingerprint density at radius 3 is 2.76 bits per heavy atom. The Labute approximate surface area is 153 Å². The summed E-state index contributed by atoms with van der Waals surface area (Å²) in [5, 5.41) is 1.95. The first-order chi connectivity index (χ1) is 12.1. The highest BCUT2D eigenvalue weighted by Gasteiger charge is 2.12. The zero-order chi connectivity index (χ0) is 17.8. The molecule has 130 valence electrons. The van der Waals surface area contributed by atoms with Gasteiger partial charge in [0, 0.05) is 11.4 Å². The number of thiophene rings is 1. The molecule has 2 heterocycles. The maximum atomic E-state index is 12.2. The summed E-state index contributed by atoms with van der Waals surface area (Å²) in [6.45, 7) is 4.83. The fraction of sp³-hybridized carbons (Fsp3) is 0.278. The molecule has 0 spiro atoms. The minimum absolute atomic E-state index is 0.165. The van der Waals surface area contributed by atoms with Gasteiger partial charge in [-0.1, -0.05) is 17.4 Å². The molecule has 1 aromatic carbocycles. The number of esters is 1. The van der Waals surface area contributed by atoms with Crippen LogP contribution < -0.4 is 4.80 Å². The quantitative estimate of drug-likeness (QED) is 0.641. The molecule has 5 nitrogen and oxygen atoms in total. The van der Waals surface area contributed by atoms with E-state index in [9.17, 15) is 9.59 Å². The molecule has 0 N–H and O–H groups in total. The van der Waals surface area contributed by atoms with E-state index in [-0.39, 0.29) is 11.9 Å². The lowest BCUT2D eigenvalue weighted by Gasteiger charge is -2.03. The first kappa shape index (κ1) is 17.6. The van der Waals surface area contributed by atoms with Crippen LogP contribution in [-0.4, -0.2) is 23.1 Å². The van der Waals surface area contributed by atoms with Crippen LogP contribution in [0, 0.1) is 0 Å². The Morgan fingerprint density at radius 2 is 2.08 bits per heavy atom. The van der Waals surface area contributed by atoms with E-state index in [0.717, 1.165) is 15.1 Å². The topological polar surface area (TPSA) is 60.7 Å². The van der Waals surface area contributed by atoms with Crippen LogP contribution in [0.15, 0.2) is 40.7 Å². The zero-order valence-electron chi connectivity index (χ0n) is 14.0. The summed E-state index contributed by atoms with van der Waals surface area (Å²) < 4.78 is 7.95. The molecule has 25 heavy (non-hydrogen) atoms. The van der Waals surface area contributed by atoms with Crippen LogP contribution >= 0.6 is 22.7 Å². The highest BCUT2D eigenvalue weighted by Crippen LogP contribution is 2.20. The molecule has 0 unspecified atom stereocenters. The van der Waals surface area contributed by atoms with E-state index in [1.54, 1.807) is 30.4 Å². The van der Waals surface area contributed by atoms with Crippen molar-refractivity contribution >= 4 is 44.8 Å². The van der Waals surface area contributed by atoms with Crippen LogP contribution in [0.4, 0.5) is 0 Å². The maximum Gasteiger partial charge on any atom is 0.338 e. The van der Waals surface area contributed by atoms with Crippen molar-refractivity contribution in [3.63, 3.8) is 0 Å². The van der Waals surface area contributed by atoms with Crippen LogP contribution in [0.2, 0.25) is 0 Å². The van der Waals surface area contributed by atoms with E-state index < -0.39 is 0 Å². The van der Waals surface area contributed by atoms with E-state index in [2.05, 4.69) is 4.99 Å². The average molecular weight is 374 g/mol. The van der Waals surface area contributed by atoms with Crippen LogP contribution in [0.3, 0.4) is 0 Å². The van der Waals surface area contributed by atoms with E-state index in [1.165, 1.54) is 11.3 Å². The van der Waals surface area contributed by atoms with Crippen molar-refractivity contribution in [3.8, 4) is 0 Å². The third-order valence-electron chi connectivity index (χ3n) is 3.64. The van der Waals surface area contributed by atoms with E-state index in [1.807, 2.05) is 35.1 Å². The molecular weight excluding hydrogens is 356 g/mol. The number of ether oxygens (including phenoxy) is 1. The second-order valence-corrected chi connectivity index (χ2v) is 7.33. The van der Waals surface area contributed by atoms with Crippen molar-refractivity contribution in [2.75, 3.05) is 6.61 Å². The molecule has 0 aliphatic heterocycles. The fourth-order valence-corrected chi connectivity index (χ4v) is 4.36. The molecule has 7 heteroatoms. The van der Waals surface area contributed by atoms with E-state index >= 15 is 0 Å². The average Bonchev–Trinajstić information content (AvgIpc) is 3.21. The molecular formula is C18H18N2O3S2. The molecule has 0 radical (unpaired) electrons. The van der Waals surface area contributed by atoms with Crippen molar-refractivity contribution in [1.82, 2.24) is 4.57 Å². The predicted molar refractivity (Wildman–Crippen MR) is 100 cm³/mol. The summed E-state index contributed by atoms with van der Waals surface area (Å²) in [5.41, 5.74) is 1.47. The summed E-state index contributed by atoms with van der Waals surface area (Å²) in [7, 11) is 0. The standard InChI is InChI=1S/C18H18N2O3S2/c1-3-20-14-8-7-12(17(22)23-4-2)10-15(14)25-18(20)19-16(21)11-13-6-5-9-24-13/h5-10H,3-4,11H2,1-2H3. The minimum Gasteiger partial charge on any atom is -0.462 e. The van der Waals surface area contributed by atoms with Crippen molar-refractivity contribution in [1.29, 1.82) is 0 Å². The number of thiazole rings is 1. The van der Waals surface area contributed by atoms with Gasteiger partial charge in [-0.25, -0.2) is 4.79 Å². The van der Waals surface area contributed by atoms with Gasteiger partial charge in [-0.15, -0.1) is 11.3 Å². The van der Waals surface area contributed by atoms with Gasteiger partial charge < -0.3 is 9.30 Å². The Balaban J connectivity index is 1.98. The molecule has 0 aliphatic rings. The summed E-state index contributed by atoms with van der Waals surface area (Å²) in [6.07, 6.45) is 0.309. The monoisotopic (exact) mass is 374 g/mol. The summed E-state index contributed by atoms with van der Waals surface area (Å²) in [4.78, 5) is 30.1. The molecule has 0 atom stereocenters. The number of benzene rings is 1. The number of aromatic nitrogens is 1. The number of amides is 1. The van der Waals surface area contributed by atoms with Crippen LogP contribution in [0.1, 0.15) is 29.1 Å². The number of nitrogens with zero attached hydrogens (tertiary/aromatic N) is 2. The normalized spacial score (nSPS) is 11.8. The number of hydrogen-bond acceptors (Lipinski definition) is 5. The van der Waals surface area contributed by atoms with Gasteiger partial charge in [-0.3, -0.25) is 4.79 Å². The second-order valence-electron chi connectivity index (χ2n) is 5.29. The molecule has 0 saturated carbocycles. The summed E-state index contributed by atoms with van der Waals surface area (Å²) in [6, 6.07) is 9.28. The zero-order valence-corrected chi connectivity index (χ0v) is 15.7. The maximum absolute atomic E-state index is 12.2. The van der Waals surface area contributed by atoms with Crippen LogP contribution in [-0.2, 0) is 22.5 Å². The van der Waals surface area contributed by atoms with Gasteiger partial charge in [0.25, 0.3) is 5.91 Å². The van der Waals surface area contributed by atoms with Crippen LogP contribution in [0.5, 0.6) is 0 Å². The van der Waals surface area contributed by atoms with Crippen molar-refractivity contribution in [3.05, 3.63) is 51.0 Å². The van der Waals surface area contributed by atoms with Gasteiger partial charge in [0.15, 0.2) is 4.80 Å². The predicted octanol–water partition coefficient (Wildman–Crippen LogP) is 3.63. The Hall–Kier alpha value is -2.25. The highest BCUT2D eigenvalue weighted by molar-refractivity contribution is 7.16. The third-order valence-corrected chi connectivity index (χ3v) is 5.55. The van der Waals surface area contributed by atoms with Gasteiger partial charge in [0.2, 0.25) is 0 Å². The van der Waals surface area contributed by atoms with E-state index in [0.29, 0.717) is 29.9 Å². The highest BCUT2D eigenvalue weighted by atomic mass is 32.1. The number of aryl methyl sites for hydroxylation is 1.